The van der Waals surface area contributed by atoms with Gasteiger partial charge in [-0.1, -0.05) is 62.2 Å². The Kier molecular flexibility index (Phi) is 7.08. The molecule has 0 unspecified atom stereocenters. The van der Waals surface area contributed by atoms with Crippen LogP contribution in [-0.4, -0.2) is 11.8 Å². The molecule has 1 heterocycles. The van der Waals surface area contributed by atoms with Crippen molar-refractivity contribution in [3.05, 3.63) is 94.8 Å². The fourth-order valence-electron chi connectivity index (χ4n) is 4.48. The molecule has 4 rings (SSSR count). The zero-order valence-corrected chi connectivity index (χ0v) is 19.7. The molecule has 1 N–H and O–H groups in total. The molecule has 3 heteroatoms. The molecule has 0 radical (unpaired) electrons. The van der Waals surface area contributed by atoms with Crippen molar-refractivity contribution in [3.63, 3.8) is 0 Å². The van der Waals surface area contributed by atoms with Crippen LogP contribution >= 0.6 is 0 Å². The molecule has 0 fully saturated rings. The predicted molar refractivity (Wildman–Crippen MR) is 136 cm³/mol. The molecular formula is C30H32FNO. The number of anilines is 1. The van der Waals surface area contributed by atoms with E-state index in [0.717, 1.165) is 70.3 Å². The van der Waals surface area contributed by atoms with Crippen molar-refractivity contribution >= 4 is 17.0 Å². The lowest BCUT2D eigenvalue weighted by Gasteiger charge is -2.17. The van der Waals surface area contributed by atoms with E-state index in [1.165, 1.54) is 12.1 Å². The number of fused-ring (bicyclic) bond motifs is 1. The topological polar surface area (TPSA) is 29.1 Å². The summed E-state index contributed by atoms with van der Waals surface area (Å²) in [5.41, 5.74) is 8.42. The maximum Gasteiger partial charge on any atom is 0.162 e. The van der Waals surface area contributed by atoms with Crippen LogP contribution in [0.15, 0.2) is 66.7 Å². The number of rotatable bonds is 7. The molecule has 2 nitrogen and oxygen atoms in total. The summed E-state index contributed by atoms with van der Waals surface area (Å²) in [5.74, 6) is -0.0117. The molecule has 0 amide bonds. The molecule has 0 saturated carbocycles. The van der Waals surface area contributed by atoms with E-state index >= 15 is 0 Å². The van der Waals surface area contributed by atoms with Crippen molar-refractivity contribution < 1.29 is 9.18 Å². The van der Waals surface area contributed by atoms with Gasteiger partial charge in [0, 0.05) is 29.3 Å². The zero-order chi connectivity index (χ0) is 23.4. The van der Waals surface area contributed by atoms with Crippen LogP contribution in [0.3, 0.4) is 0 Å². The van der Waals surface area contributed by atoms with Crippen molar-refractivity contribution in [2.45, 2.75) is 58.9 Å². The number of benzene rings is 3. The number of nitrogens with one attached hydrogen (secondary N) is 1. The minimum Gasteiger partial charge on any atom is -0.382 e. The van der Waals surface area contributed by atoms with Gasteiger partial charge < -0.3 is 5.32 Å². The first kappa shape index (κ1) is 23.0. The van der Waals surface area contributed by atoms with E-state index in [1.54, 1.807) is 0 Å². The second-order valence-electron chi connectivity index (χ2n) is 9.08. The first-order valence-electron chi connectivity index (χ1n) is 12.0. The lowest BCUT2D eigenvalue weighted by molar-refractivity contribution is 0.0979. The second kappa shape index (κ2) is 10.2. The van der Waals surface area contributed by atoms with E-state index < -0.39 is 0 Å². The van der Waals surface area contributed by atoms with Crippen LogP contribution in [0.1, 0.15) is 73.0 Å². The van der Waals surface area contributed by atoms with E-state index in [0.29, 0.717) is 6.42 Å². The predicted octanol–water partition coefficient (Wildman–Crippen LogP) is 8.20. The van der Waals surface area contributed by atoms with Gasteiger partial charge in [-0.3, -0.25) is 4.79 Å². The normalized spacial score (nSPS) is 15.3. The summed E-state index contributed by atoms with van der Waals surface area (Å²) in [4.78, 5) is 12.7. The highest BCUT2D eigenvalue weighted by atomic mass is 19.1. The van der Waals surface area contributed by atoms with Crippen LogP contribution in [0.5, 0.6) is 0 Å². The molecule has 1 aliphatic rings. The maximum atomic E-state index is 13.5. The van der Waals surface area contributed by atoms with Gasteiger partial charge in [-0.15, -0.1) is 0 Å². The Hall–Kier alpha value is -3.20. The van der Waals surface area contributed by atoms with Crippen LogP contribution in [0.4, 0.5) is 10.1 Å². The van der Waals surface area contributed by atoms with E-state index in [4.69, 9.17) is 0 Å². The zero-order valence-electron chi connectivity index (χ0n) is 19.7. The summed E-state index contributed by atoms with van der Waals surface area (Å²) in [7, 11) is 0. The Bertz CT molecular complexity index is 1180. The summed E-state index contributed by atoms with van der Waals surface area (Å²) < 4.78 is 13.5. The number of hydrogen-bond acceptors (Lipinski definition) is 2. The summed E-state index contributed by atoms with van der Waals surface area (Å²) >= 11 is 0. The summed E-state index contributed by atoms with van der Waals surface area (Å²) in [6, 6.07) is 19.5. The van der Waals surface area contributed by atoms with Gasteiger partial charge in [-0.2, -0.15) is 0 Å². The Labute approximate surface area is 196 Å². The lowest BCUT2D eigenvalue weighted by Crippen LogP contribution is -2.13. The standard InChI is InChI=1S/C30H32FNO/c1-4-5-6-7-30(33)24-10-8-20(2)28(18-24)23-13-17-27-26(22-11-14-25(31)15-12-22)16-9-21(3)32-29(27)19-23/h8,10-19,21,32H,4-7,9H2,1-3H3/t21-/m0/s1. The maximum absolute atomic E-state index is 13.5. The lowest BCUT2D eigenvalue weighted by atomic mass is 9.91. The van der Waals surface area contributed by atoms with Crippen LogP contribution in [-0.2, 0) is 0 Å². The number of aryl methyl sites for hydroxylation is 1. The minimum atomic E-state index is -0.227. The van der Waals surface area contributed by atoms with Gasteiger partial charge in [-0.05, 0) is 78.8 Å². The van der Waals surface area contributed by atoms with Gasteiger partial charge in [0.25, 0.3) is 0 Å². The Balaban J connectivity index is 1.71. The highest BCUT2D eigenvalue weighted by Gasteiger charge is 2.18. The summed E-state index contributed by atoms with van der Waals surface area (Å²) in [6.45, 7) is 6.41. The molecule has 3 aromatic carbocycles. The first-order chi connectivity index (χ1) is 16.0. The van der Waals surface area contributed by atoms with E-state index in [2.05, 4.69) is 50.4 Å². The highest BCUT2D eigenvalue weighted by molar-refractivity contribution is 5.98. The molecule has 0 saturated heterocycles. The molecule has 0 aliphatic carbocycles. The quantitative estimate of drug-likeness (QED) is 0.296. The van der Waals surface area contributed by atoms with E-state index in [-0.39, 0.29) is 17.6 Å². The number of unbranched alkanes of at least 4 members (excludes halogenated alkanes) is 2. The van der Waals surface area contributed by atoms with Gasteiger partial charge in [-0.25, -0.2) is 4.39 Å². The largest absolute Gasteiger partial charge is 0.382 e. The van der Waals surface area contributed by atoms with Crippen LogP contribution in [0.2, 0.25) is 0 Å². The number of carbonyl (C=O) groups is 1. The van der Waals surface area contributed by atoms with Crippen LogP contribution < -0.4 is 5.32 Å². The molecule has 1 aliphatic heterocycles. The molecule has 3 aromatic rings. The van der Waals surface area contributed by atoms with Crippen molar-refractivity contribution in [3.8, 4) is 11.1 Å². The fraction of sp³-hybridized carbons (Fsp3) is 0.300. The van der Waals surface area contributed by atoms with Crippen molar-refractivity contribution in [2.75, 3.05) is 5.32 Å². The molecule has 0 spiro atoms. The second-order valence-corrected chi connectivity index (χ2v) is 9.08. The van der Waals surface area contributed by atoms with Gasteiger partial charge in [0.2, 0.25) is 0 Å². The number of carbonyl (C=O) groups excluding carboxylic acids is 1. The third-order valence-electron chi connectivity index (χ3n) is 6.42. The Morgan fingerprint density at radius 2 is 1.73 bits per heavy atom. The molecule has 170 valence electrons. The summed E-state index contributed by atoms with van der Waals surface area (Å²) in [6.07, 6.45) is 6.86. The van der Waals surface area contributed by atoms with Gasteiger partial charge in [0.1, 0.15) is 5.82 Å². The molecule has 1 atom stereocenters. The van der Waals surface area contributed by atoms with Crippen molar-refractivity contribution in [2.24, 2.45) is 0 Å². The third-order valence-corrected chi connectivity index (χ3v) is 6.42. The van der Waals surface area contributed by atoms with Crippen molar-refractivity contribution in [1.82, 2.24) is 0 Å². The van der Waals surface area contributed by atoms with Gasteiger partial charge in [0.05, 0.1) is 0 Å². The summed E-state index contributed by atoms with van der Waals surface area (Å²) in [5, 5.41) is 3.64. The average Bonchev–Trinajstić information content (AvgIpc) is 2.97. The third kappa shape index (κ3) is 5.24. The Morgan fingerprint density at radius 1 is 0.970 bits per heavy atom. The van der Waals surface area contributed by atoms with Crippen LogP contribution in [0, 0.1) is 12.7 Å². The molecule has 0 bridgehead atoms. The average molecular weight is 442 g/mol. The Morgan fingerprint density at radius 3 is 2.48 bits per heavy atom. The fourth-order valence-corrected chi connectivity index (χ4v) is 4.48. The highest BCUT2D eigenvalue weighted by Crippen LogP contribution is 2.37. The molecule has 0 aromatic heterocycles. The number of ketones is 1. The molecular weight excluding hydrogens is 409 g/mol. The van der Waals surface area contributed by atoms with Gasteiger partial charge >= 0.3 is 0 Å². The number of hydrogen-bond donors (Lipinski definition) is 1. The number of halogens is 1. The first-order valence-corrected chi connectivity index (χ1v) is 12.0. The number of Topliss-reactive ketones (excluding diaryl/α,β-unsaturated/α-hetero) is 1. The van der Waals surface area contributed by atoms with Crippen molar-refractivity contribution in [1.29, 1.82) is 0 Å². The monoisotopic (exact) mass is 441 g/mol. The smallest absolute Gasteiger partial charge is 0.162 e. The van der Waals surface area contributed by atoms with E-state index in [1.807, 2.05) is 30.3 Å². The van der Waals surface area contributed by atoms with Gasteiger partial charge in [0.15, 0.2) is 5.78 Å². The SMILES string of the molecule is CCCCCC(=O)c1ccc(C)c(-c2ccc3c(c2)N[C@@H](C)CC=C3c2ccc(F)cc2)c1. The molecule has 33 heavy (non-hydrogen) atoms. The minimum absolute atomic E-state index is 0.215. The van der Waals surface area contributed by atoms with Crippen LogP contribution in [0.25, 0.3) is 16.7 Å². The van der Waals surface area contributed by atoms with E-state index in [9.17, 15) is 9.18 Å².